The molecule has 3 rings (SSSR count). The van der Waals surface area contributed by atoms with E-state index in [2.05, 4.69) is 15.1 Å². The minimum absolute atomic E-state index is 0.0113. The van der Waals surface area contributed by atoms with Crippen LogP contribution < -0.4 is 0 Å². The van der Waals surface area contributed by atoms with E-state index in [9.17, 15) is 17.6 Å². The lowest BCUT2D eigenvalue weighted by atomic mass is 10.0. The Balaban J connectivity index is 0.00000109. The molecular formula is C16H14ClF4N3O. The second-order valence-electron chi connectivity index (χ2n) is 4.90. The SMILES string of the molecule is CC.Cc1noc(-c2c(Cl)nc3c(F)cc(C(F)(F)F)cc3c2C)n1. The van der Waals surface area contributed by atoms with Gasteiger partial charge in [-0.2, -0.15) is 18.2 Å². The Bertz CT molecular complexity index is 922. The summed E-state index contributed by atoms with van der Waals surface area (Å²) in [5.74, 6) is -0.768. The molecule has 0 aliphatic carbocycles. The van der Waals surface area contributed by atoms with E-state index in [0.717, 1.165) is 6.07 Å². The second-order valence-corrected chi connectivity index (χ2v) is 5.26. The summed E-state index contributed by atoms with van der Waals surface area (Å²) in [5, 5.41) is 3.45. The van der Waals surface area contributed by atoms with Gasteiger partial charge in [0.05, 0.1) is 11.1 Å². The van der Waals surface area contributed by atoms with Gasteiger partial charge in [0, 0.05) is 5.39 Å². The van der Waals surface area contributed by atoms with Crippen LogP contribution in [0.2, 0.25) is 5.15 Å². The third-order valence-corrected chi connectivity index (χ3v) is 3.60. The first-order valence-electron chi connectivity index (χ1n) is 7.35. The molecule has 0 atom stereocenters. The Hall–Kier alpha value is -2.22. The molecule has 134 valence electrons. The average Bonchev–Trinajstić information content (AvgIpc) is 2.95. The van der Waals surface area contributed by atoms with Crippen LogP contribution in [0, 0.1) is 19.7 Å². The molecule has 2 heterocycles. The van der Waals surface area contributed by atoms with Crippen molar-refractivity contribution in [3.8, 4) is 11.5 Å². The Morgan fingerprint density at radius 1 is 1.08 bits per heavy atom. The van der Waals surface area contributed by atoms with Crippen LogP contribution in [-0.2, 0) is 6.18 Å². The number of pyridine rings is 1. The van der Waals surface area contributed by atoms with Crippen molar-refractivity contribution in [2.75, 3.05) is 0 Å². The average molecular weight is 376 g/mol. The Labute approximate surface area is 145 Å². The van der Waals surface area contributed by atoms with Crippen molar-refractivity contribution < 1.29 is 22.1 Å². The maximum absolute atomic E-state index is 14.0. The van der Waals surface area contributed by atoms with Gasteiger partial charge in [-0.1, -0.05) is 30.6 Å². The predicted octanol–water partition coefficient (Wildman–Crippen LogP) is 5.74. The molecule has 0 unspecified atom stereocenters. The van der Waals surface area contributed by atoms with Gasteiger partial charge in [0.25, 0.3) is 5.89 Å². The maximum atomic E-state index is 14.0. The van der Waals surface area contributed by atoms with Crippen molar-refractivity contribution in [2.24, 2.45) is 0 Å². The lowest BCUT2D eigenvalue weighted by Gasteiger charge is -2.12. The standard InChI is InChI=1S/C14H8ClF4N3O.C2H6/c1-5-8-3-7(14(17,18)19)4-9(16)11(8)21-12(15)10(5)13-20-6(2)22-23-13;1-2/h3-4H,1-2H3;1-2H3. The summed E-state index contributed by atoms with van der Waals surface area (Å²) < 4.78 is 57.6. The summed E-state index contributed by atoms with van der Waals surface area (Å²) in [5.41, 5.74) is -0.907. The lowest BCUT2D eigenvalue weighted by Crippen LogP contribution is -2.06. The zero-order valence-corrected chi connectivity index (χ0v) is 14.6. The Kier molecular flexibility index (Phi) is 5.31. The molecule has 0 saturated carbocycles. The fraction of sp³-hybridized carbons (Fsp3) is 0.312. The number of halogens is 5. The quantitative estimate of drug-likeness (QED) is 0.402. The van der Waals surface area contributed by atoms with E-state index in [0.29, 0.717) is 11.9 Å². The van der Waals surface area contributed by atoms with Crippen molar-refractivity contribution in [1.82, 2.24) is 15.1 Å². The molecule has 1 aromatic carbocycles. The number of fused-ring (bicyclic) bond motifs is 1. The van der Waals surface area contributed by atoms with Gasteiger partial charge >= 0.3 is 6.18 Å². The van der Waals surface area contributed by atoms with Gasteiger partial charge in [-0.3, -0.25) is 0 Å². The van der Waals surface area contributed by atoms with Gasteiger partial charge in [-0.05, 0) is 31.5 Å². The number of aromatic nitrogens is 3. The molecule has 0 N–H and O–H groups in total. The fourth-order valence-electron chi connectivity index (χ4n) is 2.25. The summed E-state index contributed by atoms with van der Waals surface area (Å²) in [6.07, 6.45) is -4.68. The molecule has 25 heavy (non-hydrogen) atoms. The molecule has 0 aliphatic heterocycles. The normalized spacial score (nSPS) is 11.4. The zero-order chi connectivity index (χ0) is 18.9. The fourth-order valence-corrected chi connectivity index (χ4v) is 2.56. The van der Waals surface area contributed by atoms with Crippen LogP contribution in [-0.4, -0.2) is 15.1 Å². The molecule has 0 radical (unpaired) electrons. The molecule has 2 aromatic heterocycles. The highest BCUT2D eigenvalue weighted by atomic mass is 35.5. The number of benzene rings is 1. The van der Waals surface area contributed by atoms with Crippen LogP contribution in [0.5, 0.6) is 0 Å². The van der Waals surface area contributed by atoms with Crippen LogP contribution in [0.4, 0.5) is 17.6 Å². The summed E-state index contributed by atoms with van der Waals surface area (Å²) >= 11 is 6.03. The van der Waals surface area contributed by atoms with Gasteiger partial charge in [-0.15, -0.1) is 0 Å². The number of aryl methyl sites for hydroxylation is 2. The molecule has 0 amide bonds. The van der Waals surface area contributed by atoms with E-state index in [1.807, 2.05) is 13.8 Å². The van der Waals surface area contributed by atoms with Crippen LogP contribution in [0.1, 0.15) is 30.8 Å². The molecule has 0 spiro atoms. The van der Waals surface area contributed by atoms with Crippen LogP contribution in [0.15, 0.2) is 16.7 Å². The van der Waals surface area contributed by atoms with Gasteiger partial charge in [0.1, 0.15) is 16.5 Å². The highest BCUT2D eigenvalue weighted by Crippen LogP contribution is 2.38. The highest BCUT2D eigenvalue weighted by molar-refractivity contribution is 6.32. The van der Waals surface area contributed by atoms with Crippen molar-refractivity contribution in [3.63, 3.8) is 0 Å². The lowest BCUT2D eigenvalue weighted by molar-refractivity contribution is -0.137. The second kappa shape index (κ2) is 6.95. The van der Waals surface area contributed by atoms with Crippen molar-refractivity contribution >= 4 is 22.5 Å². The third-order valence-electron chi connectivity index (χ3n) is 3.33. The minimum Gasteiger partial charge on any atom is -0.334 e. The van der Waals surface area contributed by atoms with E-state index in [4.69, 9.17) is 16.1 Å². The van der Waals surface area contributed by atoms with Crippen molar-refractivity contribution in [3.05, 3.63) is 40.1 Å². The van der Waals surface area contributed by atoms with Gasteiger partial charge in [0.15, 0.2) is 5.82 Å². The molecule has 0 saturated heterocycles. The van der Waals surface area contributed by atoms with E-state index < -0.39 is 17.6 Å². The summed E-state index contributed by atoms with van der Waals surface area (Å²) in [4.78, 5) is 7.82. The van der Waals surface area contributed by atoms with Crippen molar-refractivity contribution in [1.29, 1.82) is 0 Å². The molecule has 4 nitrogen and oxygen atoms in total. The summed E-state index contributed by atoms with van der Waals surface area (Å²) in [7, 11) is 0. The molecule has 0 aliphatic rings. The number of nitrogens with zero attached hydrogens (tertiary/aromatic N) is 3. The van der Waals surface area contributed by atoms with Gasteiger partial charge in [0.2, 0.25) is 0 Å². The maximum Gasteiger partial charge on any atom is 0.416 e. The topological polar surface area (TPSA) is 51.8 Å². The number of hydrogen-bond donors (Lipinski definition) is 0. The first-order chi connectivity index (χ1) is 11.7. The zero-order valence-electron chi connectivity index (χ0n) is 13.8. The third kappa shape index (κ3) is 3.58. The van der Waals surface area contributed by atoms with Crippen LogP contribution >= 0.6 is 11.6 Å². The monoisotopic (exact) mass is 375 g/mol. The molecule has 3 aromatic rings. The first-order valence-corrected chi connectivity index (χ1v) is 7.73. The molecule has 0 bridgehead atoms. The Morgan fingerprint density at radius 3 is 2.24 bits per heavy atom. The number of rotatable bonds is 1. The largest absolute Gasteiger partial charge is 0.416 e. The molecular weight excluding hydrogens is 362 g/mol. The molecule has 9 heteroatoms. The van der Waals surface area contributed by atoms with Crippen LogP contribution in [0.3, 0.4) is 0 Å². The highest BCUT2D eigenvalue weighted by Gasteiger charge is 2.32. The van der Waals surface area contributed by atoms with Crippen molar-refractivity contribution in [2.45, 2.75) is 33.9 Å². The minimum atomic E-state index is -4.68. The number of alkyl halides is 3. The van der Waals surface area contributed by atoms with E-state index in [1.165, 1.54) is 6.92 Å². The molecule has 0 fully saturated rings. The van der Waals surface area contributed by atoms with E-state index in [1.54, 1.807) is 6.92 Å². The number of hydrogen-bond acceptors (Lipinski definition) is 4. The van der Waals surface area contributed by atoms with E-state index >= 15 is 0 Å². The Morgan fingerprint density at radius 2 is 1.72 bits per heavy atom. The summed E-state index contributed by atoms with van der Waals surface area (Å²) in [6.45, 7) is 7.07. The first kappa shape index (κ1) is 19.1. The predicted molar refractivity (Wildman–Crippen MR) is 85.8 cm³/mol. The van der Waals surface area contributed by atoms with E-state index in [-0.39, 0.29) is 33.1 Å². The van der Waals surface area contributed by atoms with Gasteiger partial charge < -0.3 is 4.52 Å². The van der Waals surface area contributed by atoms with Crippen LogP contribution in [0.25, 0.3) is 22.4 Å². The van der Waals surface area contributed by atoms with Gasteiger partial charge in [-0.25, -0.2) is 9.37 Å². The smallest absolute Gasteiger partial charge is 0.334 e. The summed E-state index contributed by atoms with van der Waals surface area (Å²) in [6, 6.07) is 1.21.